The molecular formula is C14H20N2O3. The van der Waals surface area contributed by atoms with Crippen LogP contribution in [0.25, 0.3) is 0 Å². The number of carbonyl (C=O) groups excluding carboxylic acids is 2. The van der Waals surface area contributed by atoms with Crippen LogP contribution in [0.4, 0.5) is 0 Å². The summed E-state index contributed by atoms with van der Waals surface area (Å²) in [6.45, 7) is 5.06. The lowest BCUT2D eigenvalue weighted by atomic mass is 10.2. The summed E-state index contributed by atoms with van der Waals surface area (Å²) in [5, 5.41) is 5.17. The van der Waals surface area contributed by atoms with Gasteiger partial charge in [0.15, 0.2) is 0 Å². The topological polar surface area (TPSA) is 67.4 Å². The van der Waals surface area contributed by atoms with E-state index in [1.807, 2.05) is 13.8 Å². The van der Waals surface area contributed by atoms with Crippen LogP contribution in [-0.4, -0.2) is 31.5 Å². The molecule has 0 radical (unpaired) electrons. The van der Waals surface area contributed by atoms with E-state index in [4.69, 9.17) is 4.74 Å². The predicted molar refractivity (Wildman–Crippen MR) is 73.2 cm³/mol. The van der Waals surface area contributed by atoms with Crippen molar-refractivity contribution in [2.24, 2.45) is 0 Å². The van der Waals surface area contributed by atoms with Gasteiger partial charge in [0.1, 0.15) is 5.75 Å². The fourth-order valence-corrected chi connectivity index (χ4v) is 1.44. The van der Waals surface area contributed by atoms with Gasteiger partial charge in [0, 0.05) is 12.1 Å². The van der Waals surface area contributed by atoms with E-state index in [-0.39, 0.29) is 18.4 Å². The highest BCUT2D eigenvalue weighted by atomic mass is 16.5. The van der Waals surface area contributed by atoms with Crippen molar-refractivity contribution in [1.29, 1.82) is 0 Å². The fraction of sp³-hybridized carbons (Fsp3) is 0.429. The molecular weight excluding hydrogens is 244 g/mol. The summed E-state index contributed by atoms with van der Waals surface area (Å²) in [4.78, 5) is 23.0. The van der Waals surface area contributed by atoms with Crippen molar-refractivity contribution < 1.29 is 14.3 Å². The van der Waals surface area contributed by atoms with Gasteiger partial charge in [-0.1, -0.05) is 6.92 Å². The Labute approximate surface area is 113 Å². The molecule has 0 unspecified atom stereocenters. The molecule has 0 heterocycles. The predicted octanol–water partition coefficient (Wildman–Crippen LogP) is 1.34. The highest BCUT2D eigenvalue weighted by Gasteiger charge is 2.07. The van der Waals surface area contributed by atoms with Crippen LogP contribution in [0.5, 0.6) is 5.75 Å². The standard InChI is InChI=1S/C14H20N2O3/c1-3-9-19-12-7-5-11(6-8-12)14(18)16-10-13(17)15-4-2/h5-8H,3-4,9-10H2,1-2H3,(H,15,17)(H,16,18). The quantitative estimate of drug-likeness (QED) is 0.781. The Morgan fingerprint density at radius 1 is 1.11 bits per heavy atom. The molecule has 0 fully saturated rings. The summed E-state index contributed by atoms with van der Waals surface area (Å²) >= 11 is 0. The maximum Gasteiger partial charge on any atom is 0.251 e. The molecule has 0 aliphatic heterocycles. The average molecular weight is 264 g/mol. The highest BCUT2D eigenvalue weighted by Crippen LogP contribution is 2.12. The summed E-state index contributed by atoms with van der Waals surface area (Å²) in [5.74, 6) is 0.272. The van der Waals surface area contributed by atoms with Crippen molar-refractivity contribution >= 4 is 11.8 Å². The largest absolute Gasteiger partial charge is 0.494 e. The number of benzene rings is 1. The van der Waals surface area contributed by atoms with Crippen LogP contribution >= 0.6 is 0 Å². The second-order valence-electron chi connectivity index (χ2n) is 4.01. The number of rotatable bonds is 7. The molecule has 0 bridgehead atoms. The van der Waals surface area contributed by atoms with E-state index in [9.17, 15) is 9.59 Å². The van der Waals surface area contributed by atoms with Crippen molar-refractivity contribution in [2.75, 3.05) is 19.7 Å². The minimum Gasteiger partial charge on any atom is -0.494 e. The first-order valence-corrected chi connectivity index (χ1v) is 6.45. The second kappa shape index (κ2) is 8.13. The number of ether oxygens (including phenoxy) is 1. The summed E-state index contributed by atoms with van der Waals surface area (Å²) in [5.41, 5.74) is 0.508. The van der Waals surface area contributed by atoms with Gasteiger partial charge in [0.2, 0.25) is 5.91 Å². The molecule has 0 spiro atoms. The fourth-order valence-electron chi connectivity index (χ4n) is 1.44. The van der Waals surface area contributed by atoms with Crippen LogP contribution in [0.2, 0.25) is 0 Å². The van der Waals surface area contributed by atoms with Gasteiger partial charge in [-0.25, -0.2) is 0 Å². The molecule has 2 amide bonds. The second-order valence-corrected chi connectivity index (χ2v) is 4.01. The van der Waals surface area contributed by atoms with Crippen molar-refractivity contribution in [1.82, 2.24) is 10.6 Å². The molecule has 0 atom stereocenters. The average Bonchev–Trinajstić information content (AvgIpc) is 2.43. The maximum absolute atomic E-state index is 11.7. The first-order chi connectivity index (χ1) is 9.17. The summed E-state index contributed by atoms with van der Waals surface area (Å²) in [6.07, 6.45) is 0.939. The molecule has 0 aliphatic carbocycles. The number of hydrogen-bond donors (Lipinski definition) is 2. The Kier molecular flexibility index (Phi) is 6.43. The lowest BCUT2D eigenvalue weighted by Crippen LogP contribution is -2.36. The molecule has 1 aromatic carbocycles. The first-order valence-electron chi connectivity index (χ1n) is 6.45. The Morgan fingerprint density at radius 2 is 1.79 bits per heavy atom. The molecule has 2 N–H and O–H groups in total. The molecule has 1 rings (SSSR count). The molecule has 5 nitrogen and oxygen atoms in total. The zero-order chi connectivity index (χ0) is 14.1. The van der Waals surface area contributed by atoms with Gasteiger partial charge in [-0.15, -0.1) is 0 Å². The van der Waals surface area contributed by atoms with Gasteiger partial charge in [-0.3, -0.25) is 9.59 Å². The molecule has 0 aromatic heterocycles. The van der Waals surface area contributed by atoms with E-state index in [0.717, 1.165) is 12.2 Å². The SMILES string of the molecule is CCCOc1ccc(C(=O)NCC(=O)NCC)cc1. The van der Waals surface area contributed by atoms with E-state index in [2.05, 4.69) is 10.6 Å². The normalized spacial score (nSPS) is 9.79. The third-order valence-electron chi connectivity index (χ3n) is 2.37. The van der Waals surface area contributed by atoms with E-state index in [1.165, 1.54) is 0 Å². The molecule has 5 heteroatoms. The van der Waals surface area contributed by atoms with Crippen LogP contribution in [0, 0.1) is 0 Å². The van der Waals surface area contributed by atoms with E-state index in [0.29, 0.717) is 18.7 Å². The summed E-state index contributed by atoms with van der Waals surface area (Å²) in [7, 11) is 0. The van der Waals surface area contributed by atoms with E-state index >= 15 is 0 Å². The van der Waals surface area contributed by atoms with Crippen LogP contribution in [0.15, 0.2) is 24.3 Å². The summed E-state index contributed by atoms with van der Waals surface area (Å²) < 4.78 is 5.42. The lowest BCUT2D eigenvalue weighted by Gasteiger charge is -2.07. The Balaban J connectivity index is 2.46. The third kappa shape index (κ3) is 5.42. The van der Waals surface area contributed by atoms with E-state index < -0.39 is 0 Å². The highest BCUT2D eigenvalue weighted by molar-refractivity contribution is 5.96. The molecule has 0 aliphatic rings. The van der Waals surface area contributed by atoms with Crippen LogP contribution in [-0.2, 0) is 4.79 Å². The summed E-state index contributed by atoms with van der Waals surface area (Å²) in [6, 6.07) is 6.85. The van der Waals surface area contributed by atoms with Gasteiger partial charge >= 0.3 is 0 Å². The number of hydrogen-bond acceptors (Lipinski definition) is 3. The molecule has 0 saturated carbocycles. The van der Waals surface area contributed by atoms with Gasteiger partial charge in [-0.05, 0) is 37.6 Å². The first kappa shape index (κ1) is 15.0. The zero-order valence-corrected chi connectivity index (χ0v) is 11.4. The molecule has 19 heavy (non-hydrogen) atoms. The van der Waals surface area contributed by atoms with Crippen molar-refractivity contribution in [3.8, 4) is 5.75 Å². The minimum absolute atomic E-state index is 0.0131. The number of amides is 2. The van der Waals surface area contributed by atoms with Gasteiger partial charge < -0.3 is 15.4 Å². The Hall–Kier alpha value is -2.04. The number of likely N-dealkylation sites (N-methyl/N-ethyl adjacent to an activating group) is 1. The molecule has 104 valence electrons. The number of nitrogens with one attached hydrogen (secondary N) is 2. The van der Waals surface area contributed by atoms with Crippen LogP contribution < -0.4 is 15.4 Å². The van der Waals surface area contributed by atoms with Gasteiger partial charge in [0.25, 0.3) is 5.91 Å². The van der Waals surface area contributed by atoms with Crippen molar-refractivity contribution in [3.05, 3.63) is 29.8 Å². The maximum atomic E-state index is 11.7. The zero-order valence-electron chi connectivity index (χ0n) is 11.4. The molecule has 1 aromatic rings. The van der Waals surface area contributed by atoms with Crippen molar-refractivity contribution in [3.63, 3.8) is 0 Å². The Bertz CT molecular complexity index is 415. The van der Waals surface area contributed by atoms with Crippen LogP contribution in [0.3, 0.4) is 0 Å². The van der Waals surface area contributed by atoms with E-state index in [1.54, 1.807) is 24.3 Å². The van der Waals surface area contributed by atoms with Gasteiger partial charge in [0.05, 0.1) is 13.2 Å². The number of carbonyl (C=O) groups is 2. The van der Waals surface area contributed by atoms with Crippen LogP contribution in [0.1, 0.15) is 30.6 Å². The van der Waals surface area contributed by atoms with Gasteiger partial charge in [-0.2, -0.15) is 0 Å². The smallest absolute Gasteiger partial charge is 0.251 e. The van der Waals surface area contributed by atoms with Crippen molar-refractivity contribution in [2.45, 2.75) is 20.3 Å². The Morgan fingerprint density at radius 3 is 2.37 bits per heavy atom. The monoisotopic (exact) mass is 264 g/mol. The molecule has 0 saturated heterocycles. The lowest BCUT2D eigenvalue weighted by molar-refractivity contribution is -0.120. The minimum atomic E-state index is -0.270. The third-order valence-corrected chi connectivity index (χ3v) is 2.37.